The number of hydrogen-bond acceptors (Lipinski definition) is 3. The largest absolute Gasteiger partial charge is 0.462 e. The molecule has 18 heavy (non-hydrogen) atoms. The SMILES string of the molecule is CCOC(=O)c1cnn([C@@H](C)c2ccccc2)c1. The lowest BCUT2D eigenvalue weighted by molar-refractivity contribution is 0.0526. The van der Waals surface area contributed by atoms with Gasteiger partial charge in [-0.1, -0.05) is 30.3 Å². The van der Waals surface area contributed by atoms with Gasteiger partial charge in [0, 0.05) is 6.20 Å². The van der Waals surface area contributed by atoms with Gasteiger partial charge in [0.05, 0.1) is 24.4 Å². The summed E-state index contributed by atoms with van der Waals surface area (Å²) in [6.45, 7) is 4.20. The van der Waals surface area contributed by atoms with Crippen molar-refractivity contribution in [3.05, 3.63) is 53.9 Å². The van der Waals surface area contributed by atoms with E-state index in [1.165, 1.54) is 6.20 Å². The lowest BCUT2D eigenvalue weighted by Crippen LogP contribution is -2.07. The van der Waals surface area contributed by atoms with Gasteiger partial charge >= 0.3 is 5.97 Å². The number of aromatic nitrogens is 2. The van der Waals surface area contributed by atoms with Crippen molar-refractivity contribution >= 4 is 5.97 Å². The van der Waals surface area contributed by atoms with Gasteiger partial charge in [0.1, 0.15) is 0 Å². The predicted octanol–water partition coefficient (Wildman–Crippen LogP) is 2.67. The smallest absolute Gasteiger partial charge is 0.341 e. The Labute approximate surface area is 106 Å². The number of benzene rings is 1. The number of carbonyl (C=O) groups excluding carboxylic acids is 1. The van der Waals surface area contributed by atoms with Crippen molar-refractivity contribution in [1.29, 1.82) is 0 Å². The molecule has 0 unspecified atom stereocenters. The maximum Gasteiger partial charge on any atom is 0.341 e. The number of carbonyl (C=O) groups is 1. The van der Waals surface area contributed by atoms with Crippen molar-refractivity contribution in [3.63, 3.8) is 0 Å². The van der Waals surface area contributed by atoms with Crippen molar-refractivity contribution in [2.24, 2.45) is 0 Å². The maximum absolute atomic E-state index is 11.5. The molecule has 1 aromatic heterocycles. The Bertz CT molecular complexity index is 520. The summed E-state index contributed by atoms with van der Waals surface area (Å²) in [5, 5.41) is 4.21. The highest BCUT2D eigenvalue weighted by Crippen LogP contribution is 2.17. The molecular formula is C14H16N2O2. The first-order valence-corrected chi connectivity index (χ1v) is 5.98. The first-order valence-electron chi connectivity index (χ1n) is 5.98. The predicted molar refractivity (Wildman–Crippen MR) is 68.4 cm³/mol. The molecule has 94 valence electrons. The average molecular weight is 244 g/mol. The van der Waals surface area contributed by atoms with E-state index < -0.39 is 0 Å². The summed E-state index contributed by atoms with van der Waals surface area (Å²) in [5.74, 6) is -0.330. The molecule has 0 fully saturated rings. The van der Waals surface area contributed by atoms with Crippen LogP contribution in [0.1, 0.15) is 35.8 Å². The van der Waals surface area contributed by atoms with Gasteiger partial charge in [0.25, 0.3) is 0 Å². The van der Waals surface area contributed by atoms with Gasteiger partial charge in [0.15, 0.2) is 0 Å². The minimum absolute atomic E-state index is 0.0920. The van der Waals surface area contributed by atoms with E-state index in [-0.39, 0.29) is 12.0 Å². The summed E-state index contributed by atoms with van der Waals surface area (Å²) < 4.78 is 6.70. The molecule has 0 saturated carbocycles. The summed E-state index contributed by atoms with van der Waals surface area (Å²) in [6.07, 6.45) is 3.26. The van der Waals surface area contributed by atoms with Gasteiger partial charge in [-0.05, 0) is 19.4 Å². The minimum Gasteiger partial charge on any atom is -0.462 e. The number of rotatable bonds is 4. The van der Waals surface area contributed by atoms with Gasteiger partial charge in [0.2, 0.25) is 0 Å². The molecule has 0 spiro atoms. The molecule has 1 heterocycles. The van der Waals surface area contributed by atoms with E-state index >= 15 is 0 Å². The lowest BCUT2D eigenvalue weighted by atomic mass is 10.1. The van der Waals surface area contributed by atoms with Crippen LogP contribution in [-0.4, -0.2) is 22.4 Å². The molecular weight excluding hydrogens is 228 g/mol. The topological polar surface area (TPSA) is 44.1 Å². The minimum atomic E-state index is -0.330. The maximum atomic E-state index is 11.5. The molecule has 0 N–H and O–H groups in total. The van der Waals surface area contributed by atoms with Crippen LogP contribution >= 0.6 is 0 Å². The molecule has 0 saturated heterocycles. The summed E-state index contributed by atoms with van der Waals surface area (Å²) in [6, 6.07) is 10.1. The third-order valence-electron chi connectivity index (χ3n) is 2.79. The second kappa shape index (κ2) is 5.49. The Morgan fingerprint density at radius 3 is 2.78 bits per heavy atom. The van der Waals surface area contributed by atoms with Crippen LogP contribution in [-0.2, 0) is 4.74 Å². The standard InChI is InChI=1S/C14H16N2O2/c1-3-18-14(17)13-9-15-16(10-13)11(2)12-7-5-4-6-8-12/h4-11H,3H2,1-2H3/t11-/m0/s1. The quantitative estimate of drug-likeness (QED) is 0.777. The zero-order valence-corrected chi connectivity index (χ0v) is 10.5. The average Bonchev–Trinajstić information content (AvgIpc) is 2.89. The Hall–Kier alpha value is -2.10. The van der Waals surface area contributed by atoms with Gasteiger partial charge in [-0.3, -0.25) is 4.68 Å². The Morgan fingerprint density at radius 2 is 2.11 bits per heavy atom. The molecule has 0 bridgehead atoms. The summed E-state index contributed by atoms with van der Waals surface area (Å²) in [4.78, 5) is 11.5. The van der Waals surface area contributed by atoms with Gasteiger partial charge in [-0.15, -0.1) is 0 Å². The number of ether oxygens (including phenoxy) is 1. The second-order valence-corrected chi connectivity index (χ2v) is 4.02. The summed E-state index contributed by atoms with van der Waals surface area (Å²) in [7, 11) is 0. The molecule has 4 heteroatoms. The molecule has 1 aromatic carbocycles. The molecule has 0 aliphatic heterocycles. The monoisotopic (exact) mass is 244 g/mol. The van der Waals surface area contributed by atoms with Crippen LogP contribution in [0.25, 0.3) is 0 Å². The number of nitrogens with zero attached hydrogens (tertiary/aromatic N) is 2. The van der Waals surface area contributed by atoms with Crippen molar-refractivity contribution in [1.82, 2.24) is 9.78 Å². The van der Waals surface area contributed by atoms with Gasteiger partial charge in [-0.2, -0.15) is 5.10 Å². The van der Waals surface area contributed by atoms with Gasteiger partial charge < -0.3 is 4.74 Å². The zero-order valence-electron chi connectivity index (χ0n) is 10.5. The first kappa shape index (κ1) is 12.4. The van der Waals surface area contributed by atoms with Crippen molar-refractivity contribution in [3.8, 4) is 0 Å². The second-order valence-electron chi connectivity index (χ2n) is 4.02. The third-order valence-corrected chi connectivity index (χ3v) is 2.79. The van der Waals surface area contributed by atoms with Crippen LogP contribution in [0.5, 0.6) is 0 Å². The normalized spacial score (nSPS) is 12.1. The lowest BCUT2D eigenvalue weighted by Gasteiger charge is -2.11. The highest BCUT2D eigenvalue weighted by molar-refractivity contribution is 5.88. The fourth-order valence-electron chi connectivity index (χ4n) is 1.75. The van der Waals surface area contributed by atoms with E-state index in [4.69, 9.17) is 4.74 Å². The van der Waals surface area contributed by atoms with E-state index in [2.05, 4.69) is 5.10 Å². The van der Waals surface area contributed by atoms with Crippen molar-refractivity contribution in [2.45, 2.75) is 19.9 Å². The Kier molecular flexibility index (Phi) is 3.77. The van der Waals surface area contributed by atoms with Crippen LogP contribution in [0.15, 0.2) is 42.7 Å². The Balaban J connectivity index is 2.17. The zero-order chi connectivity index (χ0) is 13.0. The van der Waals surface area contributed by atoms with E-state index in [9.17, 15) is 4.79 Å². The molecule has 2 rings (SSSR count). The third kappa shape index (κ3) is 2.59. The van der Waals surface area contributed by atoms with Crippen LogP contribution in [0, 0.1) is 0 Å². The molecule has 1 atom stereocenters. The molecule has 0 amide bonds. The molecule has 4 nitrogen and oxygen atoms in total. The van der Waals surface area contributed by atoms with Crippen molar-refractivity contribution in [2.75, 3.05) is 6.61 Å². The van der Waals surface area contributed by atoms with E-state index in [1.807, 2.05) is 37.3 Å². The van der Waals surface area contributed by atoms with Crippen LogP contribution in [0.4, 0.5) is 0 Å². The fraction of sp³-hybridized carbons (Fsp3) is 0.286. The molecule has 2 aromatic rings. The molecule has 0 aliphatic carbocycles. The van der Waals surface area contributed by atoms with Gasteiger partial charge in [-0.25, -0.2) is 4.79 Å². The first-order chi connectivity index (χ1) is 8.72. The number of hydrogen-bond donors (Lipinski definition) is 0. The molecule has 0 aliphatic rings. The number of esters is 1. The summed E-state index contributed by atoms with van der Waals surface area (Å²) in [5.41, 5.74) is 1.63. The molecule has 0 radical (unpaired) electrons. The highest BCUT2D eigenvalue weighted by atomic mass is 16.5. The fourth-order valence-corrected chi connectivity index (χ4v) is 1.75. The highest BCUT2D eigenvalue weighted by Gasteiger charge is 2.13. The van der Waals surface area contributed by atoms with Crippen molar-refractivity contribution < 1.29 is 9.53 Å². The summed E-state index contributed by atoms with van der Waals surface area (Å²) >= 11 is 0. The van der Waals surface area contributed by atoms with Crippen LogP contribution in [0.3, 0.4) is 0 Å². The van der Waals surface area contributed by atoms with E-state index in [1.54, 1.807) is 17.8 Å². The van der Waals surface area contributed by atoms with Crippen LogP contribution in [0.2, 0.25) is 0 Å². The van der Waals surface area contributed by atoms with Crippen LogP contribution < -0.4 is 0 Å². The van der Waals surface area contributed by atoms with E-state index in [0.717, 1.165) is 5.56 Å². The van der Waals surface area contributed by atoms with E-state index in [0.29, 0.717) is 12.2 Å². The Morgan fingerprint density at radius 1 is 1.39 bits per heavy atom.